The topological polar surface area (TPSA) is 17.3 Å². The van der Waals surface area contributed by atoms with Crippen LogP contribution in [-0.2, 0) is 32.7 Å². The number of fused-ring (bicyclic) bond motifs is 3. The maximum atomic E-state index is 4.69. The van der Waals surface area contributed by atoms with Crippen molar-refractivity contribution in [3.63, 3.8) is 0 Å². The van der Waals surface area contributed by atoms with Gasteiger partial charge < -0.3 is 0 Å². The van der Waals surface area contributed by atoms with Crippen molar-refractivity contribution in [2.24, 2.45) is 0 Å². The summed E-state index contributed by atoms with van der Waals surface area (Å²) in [6.07, 6.45) is 0. The third-order valence-corrected chi connectivity index (χ3v) is 3.79. The number of imidazole rings is 1. The fraction of sp³-hybridized carbons (Fsp3) is 0.267. The Morgan fingerprint density at radius 2 is 1.61 bits per heavy atom. The Morgan fingerprint density at radius 3 is 2.33 bits per heavy atom. The molecule has 0 N–H and O–H groups in total. The Hall–Kier alpha value is -0.726. The summed E-state index contributed by atoms with van der Waals surface area (Å²) < 4.78 is 2.27. The van der Waals surface area contributed by atoms with Crippen LogP contribution in [0.3, 0.4) is 0 Å². The predicted octanol–water partition coefficient (Wildman–Crippen LogP) is 3.72. The van der Waals surface area contributed by atoms with Crippen LogP contribution in [0.2, 0.25) is 0 Å². The molecule has 3 rings (SSSR count). The number of rotatable bonds is 0. The van der Waals surface area contributed by atoms with Crippen molar-refractivity contribution in [2.75, 3.05) is 0 Å². The van der Waals surface area contributed by atoms with Crippen molar-refractivity contribution in [3.8, 4) is 0 Å². The summed E-state index contributed by atoms with van der Waals surface area (Å²) in [5.74, 6) is 0. The molecule has 0 amide bonds. The zero-order valence-electron chi connectivity index (χ0n) is 11.3. The summed E-state index contributed by atoms with van der Waals surface area (Å²) in [5.41, 5.74) is 7.31. The van der Waals surface area contributed by atoms with Crippen LogP contribution in [-0.4, -0.2) is 9.38 Å². The molecule has 0 unspecified atom stereocenters. The number of hydrogen-bond donors (Lipinski definition) is 0. The predicted molar refractivity (Wildman–Crippen MR) is 71.6 cm³/mol. The van der Waals surface area contributed by atoms with Crippen molar-refractivity contribution >= 4 is 16.6 Å². The first-order valence-electron chi connectivity index (χ1n) is 5.95. The van der Waals surface area contributed by atoms with Gasteiger partial charge in [-0.1, -0.05) is 18.2 Å². The van der Waals surface area contributed by atoms with Gasteiger partial charge in [0.1, 0.15) is 5.65 Å². The van der Waals surface area contributed by atoms with Gasteiger partial charge in [0.25, 0.3) is 0 Å². The van der Waals surface area contributed by atoms with Crippen LogP contribution in [0.25, 0.3) is 16.6 Å². The van der Waals surface area contributed by atoms with E-state index >= 15 is 0 Å². The van der Waals surface area contributed by atoms with Gasteiger partial charge >= 0.3 is 0 Å². The van der Waals surface area contributed by atoms with Crippen molar-refractivity contribution < 1.29 is 32.7 Å². The second-order valence-corrected chi connectivity index (χ2v) is 4.71. The van der Waals surface area contributed by atoms with Crippen LogP contribution in [0.15, 0.2) is 24.3 Å². The molecule has 2 aromatic heterocycles. The molecule has 2 nitrogen and oxygen atoms in total. The Bertz CT molecular complexity index is 741. The third-order valence-electron chi connectivity index (χ3n) is 3.79. The van der Waals surface area contributed by atoms with Gasteiger partial charge in [-0.3, -0.25) is 4.40 Å². The SMILES string of the molecule is Cc1nc2c(C)c(C)c3ccccc3n2c1C.[Y]. The molecule has 0 aliphatic carbocycles. The summed E-state index contributed by atoms with van der Waals surface area (Å²) in [7, 11) is 0. The van der Waals surface area contributed by atoms with Crippen LogP contribution in [0.1, 0.15) is 22.5 Å². The zero-order chi connectivity index (χ0) is 12.2. The maximum absolute atomic E-state index is 4.69. The first kappa shape index (κ1) is 13.7. The second-order valence-electron chi connectivity index (χ2n) is 4.71. The van der Waals surface area contributed by atoms with E-state index in [1.165, 1.54) is 27.7 Å². The minimum Gasteiger partial charge on any atom is -0.296 e. The van der Waals surface area contributed by atoms with E-state index < -0.39 is 0 Å². The first-order valence-corrected chi connectivity index (χ1v) is 5.95. The Morgan fingerprint density at radius 1 is 0.944 bits per heavy atom. The van der Waals surface area contributed by atoms with Gasteiger partial charge in [0.15, 0.2) is 0 Å². The van der Waals surface area contributed by atoms with E-state index in [1.54, 1.807) is 0 Å². The van der Waals surface area contributed by atoms with E-state index in [9.17, 15) is 0 Å². The molecule has 0 spiro atoms. The van der Waals surface area contributed by atoms with Gasteiger partial charge in [-0.05, 0) is 44.9 Å². The molecule has 2 heterocycles. The molecule has 0 fully saturated rings. The van der Waals surface area contributed by atoms with Gasteiger partial charge in [0.05, 0.1) is 11.2 Å². The van der Waals surface area contributed by atoms with Gasteiger partial charge in [-0.2, -0.15) is 0 Å². The minimum atomic E-state index is 0. The molecule has 89 valence electrons. The number of aryl methyl sites for hydroxylation is 4. The van der Waals surface area contributed by atoms with Crippen molar-refractivity contribution in [1.29, 1.82) is 0 Å². The van der Waals surface area contributed by atoms with Crippen LogP contribution >= 0.6 is 0 Å². The molecule has 0 saturated heterocycles. The first-order chi connectivity index (χ1) is 8.11. The molecule has 18 heavy (non-hydrogen) atoms. The van der Waals surface area contributed by atoms with Crippen LogP contribution in [0.4, 0.5) is 0 Å². The minimum absolute atomic E-state index is 0. The number of benzene rings is 1. The third kappa shape index (κ3) is 1.74. The monoisotopic (exact) mass is 313 g/mol. The normalized spacial score (nSPS) is 10.9. The molecule has 3 aromatic rings. The second kappa shape index (κ2) is 4.75. The number of hydrogen-bond acceptors (Lipinski definition) is 1. The Labute approximate surface area is 132 Å². The van der Waals surface area contributed by atoms with E-state index in [1.807, 2.05) is 0 Å². The fourth-order valence-corrected chi connectivity index (χ4v) is 2.51. The van der Waals surface area contributed by atoms with Crippen LogP contribution in [0, 0.1) is 27.7 Å². The van der Waals surface area contributed by atoms with E-state index in [-0.39, 0.29) is 32.7 Å². The van der Waals surface area contributed by atoms with E-state index in [0.29, 0.717) is 0 Å². The molecular weight excluding hydrogens is 297 g/mol. The number of pyridine rings is 1. The summed E-state index contributed by atoms with van der Waals surface area (Å²) in [4.78, 5) is 4.69. The van der Waals surface area contributed by atoms with Gasteiger partial charge in [-0.15, -0.1) is 0 Å². The quantitative estimate of drug-likeness (QED) is 0.618. The molecule has 0 aliphatic heterocycles. The van der Waals surface area contributed by atoms with Crippen molar-refractivity contribution in [1.82, 2.24) is 9.38 Å². The zero-order valence-corrected chi connectivity index (χ0v) is 14.1. The molecular formula is C15H16N2Y. The summed E-state index contributed by atoms with van der Waals surface area (Å²) in [6.45, 7) is 8.54. The van der Waals surface area contributed by atoms with Crippen LogP contribution in [0.5, 0.6) is 0 Å². The fourth-order valence-electron chi connectivity index (χ4n) is 2.51. The largest absolute Gasteiger partial charge is 0.296 e. The van der Waals surface area contributed by atoms with Gasteiger partial charge in [0, 0.05) is 43.8 Å². The smallest absolute Gasteiger partial charge is 0.140 e. The number of nitrogens with zero attached hydrogens (tertiary/aromatic N) is 2. The standard InChI is InChI=1S/C15H16N2.Y/c1-9-10(2)15-16-11(3)12(4)17(15)14-8-6-5-7-13(9)14;/h5-8H,1-4H3;. The molecule has 0 aliphatic rings. The van der Waals surface area contributed by atoms with Crippen molar-refractivity contribution in [2.45, 2.75) is 27.7 Å². The summed E-state index contributed by atoms with van der Waals surface area (Å²) in [6, 6.07) is 8.54. The Kier molecular flexibility index (Phi) is 3.61. The molecule has 1 radical (unpaired) electrons. The van der Waals surface area contributed by atoms with Crippen molar-refractivity contribution in [3.05, 3.63) is 46.8 Å². The van der Waals surface area contributed by atoms with Crippen LogP contribution < -0.4 is 0 Å². The van der Waals surface area contributed by atoms with Gasteiger partial charge in [0.2, 0.25) is 0 Å². The Balaban J connectivity index is 0.00000120. The number of aromatic nitrogens is 2. The molecule has 1 aromatic carbocycles. The average molecular weight is 313 g/mol. The molecule has 0 atom stereocenters. The maximum Gasteiger partial charge on any atom is 0.140 e. The van der Waals surface area contributed by atoms with E-state index in [2.05, 4.69) is 61.3 Å². The molecule has 3 heteroatoms. The van der Waals surface area contributed by atoms with Gasteiger partial charge in [-0.25, -0.2) is 4.98 Å². The molecule has 0 bridgehead atoms. The summed E-state index contributed by atoms with van der Waals surface area (Å²) in [5, 5.41) is 1.32. The van der Waals surface area contributed by atoms with E-state index in [4.69, 9.17) is 0 Å². The number of para-hydroxylation sites is 1. The average Bonchev–Trinajstić information content (AvgIpc) is 2.63. The van der Waals surface area contributed by atoms with E-state index in [0.717, 1.165) is 11.3 Å². The summed E-state index contributed by atoms with van der Waals surface area (Å²) >= 11 is 0. The molecule has 0 saturated carbocycles.